The molecule has 28 heavy (non-hydrogen) atoms. The number of hydrogen-bond donors (Lipinski definition) is 0. The Labute approximate surface area is 166 Å². The van der Waals surface area contributed by atoms with Gasteiger partial charge in [-0.2, -0.15) is 4.98 Å². The fourth-order valence-electron chi connectivity index (χ4n) is 2.96. The topological polar surface area (TPSA) is 73.8 Å². The van der Waals surface area contributed by atoms with E-state index in [0.717, 1.165) is 18.5 Å². The van der Waals surface area contributed by atoms with Crippen molar-refractivity contribution in [1.82, 2.24) is 19.7 Å². The third-order valence-electron chi connectivity index (χ3n) is 4.35. The monoisotopic (exact) mass is 392 g/mol. The normalized spacial score (nSPS) is 12.4. The minimum atomic E-state index is -0.138. The lowest BCUT2D eigenvalue weighted by Crippen LogP contribution is -2.21. The van der Waals surface area contributed by atoms with Crippen molar-refractivity contribution in [1.29, 1.82) is 0 Å². The summed E-state index contributed by atoms with van der Waals surface area (Å²) < 4.78 is 7.06. The lowest BCUT2D eigenvalue weighted by Gasteiger charge is -2.14. The highest BCUT2D eigenvalue weighted by Gasteiger charge is 2.20. The Kier molecular flexibility index (Phi) is 5.25. The van der Waals surface area contributed by atoms with Gasteiger partial charge >= 0.3 is 0 Å². The summed E-state index contributed by atoms with van der Waals surface area (Å²) in [6, 6.07) is 16.9. The highest BCUT2D eigenvalue weighted by molar-refractivity contribution is 7.99. The smallest absolute Gasteiger partial charge is 0.266 e. The average Bonchev–Trinajstić information content (AvgIpc) is 3.18. The van der Waals surface area contributed by atoms with Crippen molar-refractivity contribution in [2.45, 2.75) is 37.1 Å². The van der Waals surface area contributed by atoms with E-state index in [2.05, 4.69) is 17.1 Å². The summed E-state index contributed by atoms with van der Waals surface area (Å²) in [7, 11) is 0. The predicted octanol–water partition coefficient (Wildman–Crippen LogP) is 4.57. The van der Waals surface area contributed by atoms with Gasteiger partial charge in [0.1, 0.15) is 0 Å². The number of nitrogens with zero attached hydrogens (tertiary/aromatic N) is 4. The van der Waals surface area contributed by atoms with Crippen LogP contribution in [0.15, 0.2) is 69.1 Å². The highest BCUT2D eigenvalue weighted by Crippen LogP contribution is 2.34. The van der Waals surface area contributed by atoms with Gasteiger partial charge in [0, 0.05) is 6.42 Å². The molecule has 0 amide bonds. The second-order valence-electron chi connectivity index (χ2n) is 6.45. The van der Waals surface area contributed by atoms with Crippen LogP contribution in [0.1, 0.15) is 37.2 Å². The van der Waals surface area contributed by atoms with Crippen molar-refractivity contribution in [2.24, 2.45) is 0 Å². The van der Waals surface area contributed by atoms with Crippen LogP contribution >= 0.6 is 11.8 Å². The van der Waals surface area contributed by atoms with Crippen molar-refractivity contribution in [3.63, 3.8) is 0 Å². The first-order valence-corrected chi connectivity index (χ1v) is 10.1. The molecule has 1 atom stereocenters. The van der Waals surface area contributed by atoms with Gasteiger partial charge in [0.15, 0.2) is 11.0 Å². The number of rotatable bonds is 6. The van der Waals surface area contributed by atoms with Gasteiger partial charge in [-0.15, -0.1) is 0 Å². The Morgan fingerprint density at radius 1 is 1.07 bits per heavy atom. The molecule has 0 radical (unpaired) electrons. The zero-order valence-corrected chi connectivity index (χ0v) is 16.5. The van der Waals surface area contributed by atoms with Gasteiger partial charge in [0.05, 0.1) is 21.8 Å². The highest BCUT2D eigenvalue weighted by atomic mass is 32.2. The fourth-order valence-corrected chi connectivity index (χ4v) is 3.92. The minimum absolute atomic E-state index is 0.0938. The third kappa shape index (κ3) is 3.57. The van der Waals surface area contributed by atoms with Gasteiger partial charge in [-0.1, -0.05) is 54.2 Å². The first-order chi connectivity index (χ1) is 13.7. The molecule has 2 heterocycles. The van der Waals surface area contributed by atoms with Gasteiger partial charge in [0.2, 0.25) is 5.89 Å². The van der Waals surface area contributed by atoms with Crippen molar-refractivity contribution >= 4 is 22.7 Å². The standard InChI is InChI=1S/C21H20N4O2S/c1-3-9-18-23-19(27-24-18)14(2)28-21-22-17-13-8-7-12-16(17)20(26)25(21)15-10-5-4-6-11-15/h4-8,10-14H,3,9H2,1-2H3/t14-/m0/s1. The maximum atomic E-state index is 13.2. The minimum Gasteiger partial charge on any atom is -0.338 e. The van der Waals surface area contributed by atoms with Crippen LogP contribution in [0.25, 0.3) is 16.6 Å². The number of aromatic nitrogens is 4. The molecule has 142 valence electrons. The van der Waals surface area contributed by atoms with Gasteiger partial charge in [0.25, 0.3) is 5.56 Å². The van der Waals surface area contributed by atoms with Gasteiger partial charge < -0.3 is 4.52 Å². The number of thioether (sulfide) groups is 1. The Balaban J connectivity index is 1.79. The lowest BCUT2D eigenvalue weighted by atomic mass is 10.2. The molecule has 0 aliphatic carbocycles. The molecule has 0 saturated carbocycles. The molecule has 0 fully saturated rings. The average molecular weight is 392 g/mol. The van der Waals surface area contributed by atoms with E-state index in [9.17, 15) is 4.79 Å². The van der Waals surface area contributed by atoms with Crippen LogP contribution in [-0.4, -0.2) is 19.7 Å². The van der Waals surface area contributed by atoms with E-state index in [0.29, 0.717) is 27.8 Å². The lowest BCUT2D eigenvalue weighted by molar-refractivity contribution is 0.374. The quantitative estimate of drug-likeness (QED) is 0.353. The number of fused-ring (bicyclic) bond motifs is 1. The van der Waals surface area contributed by atoms with Gasteiger partial charge in [-0.05, 0) is 37.6 Å². The third-order valence-corrected chi connectivity index (χ3v) is 5.39. The van der Waals surface area contributed by atoms with Crippen molar-refractivity contribution in [3.8, 4) is 5.69 Å². The molecule has 0 bridgehead atoms. The van der Waals surface area contributed by atoms with Crippen LogP contribution < -0.4 is 5.56 Å². The molecule has 0 N–H and O–H groups in total. The molecule has 0 spiro atoms. The van der Waals surface area contributed by atoms with E-state index < -0.39 is 0 Å². The molecule has 0 aliphatic heterocycles. The molecule has 0 saturated heterocycles. The summed E-state index contributed by atoms with van der Waals surface area (Å²) in [6.07, 6.45) is 1.74. The Bertz CT molecular complexity index is 1150. The first kappa shape index (κ1) is 18.4. The summed E-state index contributed by atoms with van der Waals surface area (Å²) in [4.78, 5) is 22.4. The van der Waals surface area contributed by atoms with Crippen LogP contribution in [0.2, 0.25) is 0 Å². The molecular weight excluding hydrogens is 372 g/mol. The van der Waals surface area contributed by atoms with Gasteiger partial charge in [-0.3, -0.25) is 9.36 Å². The summed E-state index contributed by atoms with van der Waals surface area (Å²) in [5, 5.41) is 5.07. The van der Waals surface area contributed by atoms with E-state index >= 15 is 0 Å². The molecule has 4 aromatic rings. The van der Waals surface area contributed by atoms with E-state index in [1.165, 1.54) is 11.8 Å². The van der Waals surface area contributed by atoms with Crippen molar-refractivity contribution in [3.05, 3.63) is 76.7 Å². The summed E-state index contributed by atoms with van der Waals surface area (Å²) in [5.74, 6) is 1.24. The maximum absolute atomic E-state index is 13.2. The molecule has 4 rings (SSSR count). The number of aryl methyl sites for hydroxylation is 1. The zero-order chi connectivity index (χ0) is 19.5. The molecular formula is C21H20N4O2S. The second kappa shape index (κ2) is 7.98. The molecule has 6 nitrogen and oxygen atoms in total. The number of para-hydroxylation sites is 2. The second-order valence-corrected chi connectivity index (χ2v) is 7.75. The largest absolute Gasteiger partial charge is 0.338 e. The van der Waals surface area contributed by atoms with Crippen molar-refractivity contribution < 1.29 is 4.52 Å². The summed E-state index contributed by atoms with van der Waals surface area (Å²) in [6.45, 7) is 4.05. The van der Waals surface area contributed by atoms with Crippen LogP contribution in [0, 0.1) is 0 Å². The molecule has 0 unspecified atom stereocenters. The molecule has 2 aromatic carbocycles. The van der Waals surface area contributed by atoms with Crippen LogP contribution in [0.5, 0.6) is 0 Å². The van der Waals surface area contributed by atoms with Gasteiger partial charge in [-0.25, -0.2) is 4.98 Å². The Hall–Kier alpha value is -2.93. The van der Waals surface area contributed by atoms with E-state index in [4.69, 9.17) is 9.51 Å². The Morgan fingerprint density at radius 3 is 2.61 bits per heavy atom. The SMILES string of the molecule is CCCc1noc([C@H](C)Sc2nc3ccccc3c(=O)n2-c2ccccc2)n1. The Morgan fingerprint density at radius 2 is 1.82 bits per heavy atom. The van der Waals surface area contributed by atoms with Crippen molar-refractivity contribution in [2.75, 3.05) is 0 Å². The molecule has 0 aliphatic rings. The van der Waals surface area contributed by atoms with Crippen LogP contribution in [-0.2, 0) is 6.42 Å². The van der Waals surface area contributed by atoms with Crippen LogP contribution in [0.4, 0.5) is 0 Å². The first-order valence-electron chi connectivity index (χ1n) is 9.23. The molecule has 2 aromatic heterocycles. The van der Waals surface area contributed by atoms with Crippen LogP contribution in [0.3, 0.4) is 0 Å². The van der Waals surface area contributed by atoms with E-state index in [-0.39, 0.29) is 10.8 Å². The summed E-state index contributed by atoms with van der Waals surface area (Å²) >= 11 is 1.43. The molecule has 7 heteroatoms. The predicted molar refractivity (Wildman–Crippen MR) is 110 cm³/mol. The maximum Gasteiger partial charge on any atom is 0.266 e. The number of hydrogen-bond acceptors (Lipinski definition) is 6. The zero-order valence-electron chi connectivity index (χ0n) is 15.7. The van der Waals surface area contributed by atoms with E-state index in [1.54, 1.807) is 10.6 Å². The fraction of sp³-hybridized carbons (Fsp3) is 0.238. The number of benzene rings is 2. The van der Waals surface area contributed by atoms with E-state index in [1.807, 2.05) is 55.5 Å². The summed E-state index contributed by atoms with van der Waals surface area (Å²) in [5.41, 5.74) is 1.35.